The third-order valence-electron chi connectivity index (χ3n) is 9.13. The molecule has 2 saturated carbocycles. The molecule has 38 heavy (non-hydrogen) atoms. The van der Waals surface area contributed by atoms with Gasteiger partial charge in [-0.15, -0.1) is 10.2 Å². The summed E-state index contributed by atoms with van der Waals surface area (Å²) < 4.78 is 7.59. The van der Waals surface area contributed by atoms with Crippen LogP contribution in [-0.4, -0.2) is 61.8 Å². The van der Waals surface area contributed by atoms with E-state index < -0.39 is 0 Å². The number of likely N-dealkylation sites (tertiary alicyclic amines) is 1. The highest BCUT2D eigenvalue weighted by Crippen LogP contribution is 2.54. The van der Waals surface area contributed by atoms with Crippen molar-refractivity contribution >= 4 is 11.6 Å². The van der Waals surface area contributed by atoms with Gasteiger partial charge in [-0.25, -0.2) is 9.97 Å². The maximum absolute atomic E-state index is 13.5. The van der Waals surface area contributed by atoms with Gasteiger partial charge in [-0.1, -0.05) is 12.1 Å². The van der Waals surface area contributed by atoms with Crippen LogP contribution in [0.4, 0.5) is 5.69 Å². The smallest absolute Gasteiger partial charge is 0.274 e. The van der Waals surface area contributed by atoms with Crippen LogP contribution in [0, 0.1) is 5.41 Å². The van der Waals surface area contributed by atoms with Crippen molar-refractivity contribution in [2.75, 3.05) is 31.6 Å². The lowest BCUT2D eigenvalue weighted by molar-refractivity contribution is -0.0610. The second-order valence-corrected chi connectivity index (χ2v) is 12.0. The molecule has 2 saturated heterocycles. The van der Waals surface area contributed by atoms with E-state index in [1.165, 1.54) is 19.3 Å². The molecule has 0 radical (unpaired) electrons. The number of hydrogen-bond acceptors (Lipinski definition) is 7. The Labute approximate surface area is 223 Å². The molecule has 4 fully saturated rings. The highest BCUT2D eigenvalue weighted by molar-refractivity contribution is 6.03. The van der Waals surface area contributed by atoms with E-state index in [-0.39, 0.29) is 17.4 Å². The molecule has 1 amide bonds. The van der Waals surface area contributed by atoms with Crippen LogP contribution in [0.3, 0.4) is 0 Å². The summed E-state index contributed by atoms with van der Waals surface area (Å²) >= 11 is 0. The molecule has 0 bridgehead atoms. The molecule has 0 unspecified atom stereocenters. The van der Waals surface area contributed by atoms with E-state index in [2.05, 4.69) is 39.5 Å². The topological polar surface area (TPSA) is 98.1 Å². The number of benzene rings is 1. The van der Waals surface area contributed by atoms with Gasteiger partial charge in [-0.3, -0.25) is 9.69 Å². The Hall–Kier alpha value is -3.17. The van der Waals surface area contributed by atoms with Crippen LogP contribution >= 0.6 is 0 Å². The van der Waals surface area contributed by atoms with Gasteiger partial charge in [-0.2, -0.15) is 0 Å². The van der Waals surface area contributed by atoms with E-state index in [4.69, 9.17) is 14.7 Å². The fraction of sp³-hybridized carbons (Fsp3) is 0.552. The van der Waals surface area contributed by atoms with E-state index in [1.807, 2.05) is 29.8 Å². The fourth-order valence-electron chi connectivity index (χ4n) is 6.02. The molecule has 1 spiro atoms. The molecule has 4 aliphatic rings. The van der Waals surface area contributed by atoms with Crippen LogP contribution in [0.2, 0.25) is 0 Å². The second kappa shape index (κ2) is 8.95. The summed E-state index contributed by atoms with van der Waals surface area (Å²) in [4.78, 5) is 25.7. The number of aromatic nitrogens is 5. The third-order valence-corrected chi connectivity index (χ3v) is 9.13. The van der Waals surface area contributed by atoms with Crippen molar-refractivity contribution in [3.05, 3.63) is 65.3 Å². The van der Waals surface area contributed by atoms with Crippen molar-refractivity contribution < 1.29 is 9.53 Å². The Balaban J connectivity index is 1.12. The lowest BCUT2D eigenvalue weighted by atomic mass is 9.75. The van der Waals surface area contributed by atoms with Crippen molar-refractivity contribution in [3.63, 3.8) is 0 Å². The molecule has 1 atom stereocenters. The zero-order chi connectivity index (χ0) is 25.9. The van der Waals surface area contributed by atoms with Gasteiger partial charge in [-0.05, 0) is 74.8 Å². The average molecular weight is 514 g/mol. The lowest BCUT2D eigenvalue weighted by Gasteiger charge is -2.41. The molecule has 2 aromatic heterocycles. The molecule has 2 aliphatic heterocycles. The maximum Gasteiger partial charge on any atom is 0.274 e. The number of carbonyl (C=O) groups excluding carboxylic acids is 1. The minimum atomic E-state index is -0.188. The van der Waals surface area contributed by atoms with E-state index in [0.717, 1.165) is 60.9 Å². The molecular formula is C29H35N7O2. The molecular weight excluding hydrogens is 478 g/mol. The first-order valence-electron chi connectivity index (χ1n) is 13.9. The second-order valence-electron chi connectivity index (χ2n) is 12.0. The Kier molecular flexibility index (Phi) is 5.63. The van der Waals surface area contributed by atoms with Crippen LogP contribution in [-0.2, 0) is 23.6 Å². The minimum absolute atomic E-state index is 0.174. The Morgan fingerprint density at radius 2 is 2.03 bits per heavy atom. The minimum Gasteiger partial charge on any atom is -0.379 e. The summed E-state index contributed by atoms with van der Waals surface area (Å²) in [5.41, 5.74) is 3.69. The van der Waals surface area contributed by atoms with E-state index in [0.29, 0.717) is 30.2 Å². The van der Waals surface area contributed by atoms with Crippen LogP contribution in [0.5, 0.6) is 0 Å². The van der Waals surface area contributed by atoms with Crippen molar-refractivity contribution in [3.8, 4) is 0 Å². The van der Waals surface area contributed by atoms with Gasteiger partial charge >= 0.3 is 0 Å². The van der Waals surface area contributed by atoms with Crippen LogP contribution in [0.15, 0.2) is 36.7 Å². The first-order chi connectivity index (χ1) is 18.4. The summed E-state index contributed by atoms with van der Waals surface area (Å²) in [5, 5.41) is 11.4. The summed E-state index contributed by atoms with van der Waals surface area (Å²) in [5.74, 6) is 1.93. The number of aryl methyl sites for hydroxylation is 1. The predicted molar refractivity (Wildman–Crippen MR) is 142 cm³/mol. The highest BCUT2D eigenvalue weighted by atomic mass is 16.5. The van der Waals surface area contributed by atoms with Crippen molar-refractivity contribution in [2.45, 2.75) is 62.8 Å². The number of nitrogens with zero attached hydrogens (tertiary/aromatic N) is 6. The average Bonchev–Trinajstić information content (AvgIpc) is 3.80. The van der Waals surface area contributed by atoms with Gasteiger partial charge in [0, 0.05) is 43.1 Å². The number of rotatable bonds is 8. The summed E-state index contributed by atoms with van der Waals surface area (Å²) in [6, 6.07) is 10.2. The van der Waals surface area contributed by atoms with Crippen LogP contribution in [0.25, 0.3) is 0 Å². The summed E-state index contributed by atoms with van der Waals surface area (Å²) in [7, 11) is 1.96. The number of anilines is 1. The van der Waals surface area contributed by atoms with Gasteiger partial charge in [0.2, 0.25) is 0 Å². The van der Waals surface area contributed by atoms with Crippen molar-refractivity contribution in [1.29, 1.82) is 0 Å². The predicted octanol–water partition coefficient (Wildman–Crippen LogP) is 3.79. The monoisotopic (exact) mass is 513 g/mol. The summed E-state index contributed by atoms with van der Waals surface area (Å²) in [6.45, 7) is 5.71. The number of hydrogen-bond donors (Lipinski definition) is 1. The fourth-order valence-corrected chi connectivity index (χ4v) is 6.02. The first-order valence-corrected chi connectivity index (χ1v) is 13.9. The zero-order valence-electron chi connectivity index (χ0n) is 22.2. The molecule has 198 valence electrons. The van der Waals surface area contributed by atoms with E-state index in [1.54, 1.807) is 6.33 Å². The molecule has 3 aromatic rings. The molecule has 1 aromatic carbocycles. The first kappa shape index (κ1) is 23.9. The standard InChI is InChI=1S/C29H35N7O2/c1-19(36-11-10-28(15-36)8-9-28)23-13-24(33-26(32-23)20-6-7-20)27(37)31-22-5-3-4-21(12-22)29(16-38-17-29)14-25-34-30-18-35(25)2/h3-5,12-13,18-20H,6-11,14-17H2,1-2H3,(H,31,37)/t19-/m1/s1. The largest absolute Gasteiger partial charge is 0.379 e. The van der Waals surface area contributed by atoms with Crippen molar-refractivity contribution in [2.24, 2.45) is 12.5 Å². The Bertz CT molecular complexity index is 1370. The molecule has 4 heterocycles. The molecule has 1 N–H and O–H groups in total. The normalized spacial score (nSPS) is 22.3. The molecule has 9 heteroatoms. The van der Waals surface area contributed by atoms with Crippen molar-refractivity contribution in [1.82, 2.24) is 29.6 Å². The summed E-state index contributed by atoms with van der Waals surface area (Å²) in [6.07, 6.45) is 8.64. The van der Waals surface area contributed by atoms with E-state index in [9.17, 15) is 4.79 Å². The van der Waals surface area contributed by atoms with Gasteiger partial charge < -0.3 is 14.6 Å². The van der Waals surface area contributed by atoms with Crippen LogP contribution < -0.4 is 5.32 Å². The van der Waals surface area contributed by atoms with Crippen LogP contribution in [0.1, 0.15) is 84.4 Å². The number of nitrogens with one attached hydrogen (secondary N) is 1. The highest BCUT2D eigenvalue weighted by Gasteiger charge is 2.48. The third kappa shape index (κ3) is 4.41. The van der Waals surface area contributed by atoms with Gasteiger partial charge in [0.25, 0.3) is 5.91 Å². The van der Waals surface area contributed by atoms with E-state index >= 15 is 0 Å². The number of amides is 1. The SMILES string of the molecule is C[C@H](c1cc(C(=O)Nc2cccc(C3(Cc4nncn4C)COC3)c2)nc(C2CC2)n1)N1CCC2(CC2)C1. The number of carbonyl (C=O) groups is 1. The van der Waals surface area contributed by atoms with Gasteiger partial charge in [0.1, 0.15) is 23.7 Å². The lowest BCUT2D eigenvalue weighted by Crippen LogP contribution is -2.49. The van der Waals surface area contributed by atoms with Gasteiger partial charge in [0.05, 0.1) is 18.9 Å². The maximum atomic E-state index is 13.5. The number of ether oxygens (including phenoxy) is 1. The Morgan fingerprint density at radius 1 is 1.18 bits per heavy atom. The quantitative estimate of drug-likeness (QED) is 0.489. The molecule has 2 aliphatic carbocycles. The Morgan fingerprint density at radius 3 is 2.68 bits per heavy atom. The van der Waals surface area contributed by atoms with Gasteiger partial charge in [0.15, 0.2) is 0 Å². The molecule has 9 nitrogen and oxygen atoms in total. The molecule has 7 rings (SSSR count). The zero-order valence-corrected chi connectivity index (χ0v) is 22.2.